The van der Waals surface area contributed by atoms with Crippen LogP contribution in [0.25, 0.3) is 10.8 Å². The molecule has 0 fully saturated rings. The summed E-state index contributed by atoms with van der Waals surface area (Å²) in [5.74, 6) is 1.33. The maximum atomic E-state index is 9.16. The standard InChI is InChI=1S/C18H13NO/c1-13-6-9-18(16(10-13)12-19)20-17-8-7-14-4-2-3-5-15(14)11-17/h2-11H,1H3. The van der Waals surface area contributed by atoms with Gasteiger partial charge in [-0.2, -0.15) is 5.26 Å². The molecule has 0 aliphatic heterocycles. The lowest BCUT2D eigenvalue weighted by atomic mass is 10.1. The molecule has 0 heterocycles. The molecule has 96 valence electrons. The summed E-state index contributed by atoms with van der Waals surface area (Å²) in [7, 11) is 0. The van der Waals surface area contributed by atoms with E-state index in [0.29, 0.717) is 11.3 Å². The van der Waals surface area contributed by atoms with Crippen LogP contribution in [0.3, 0.4) is 0 Å². The fraction of sp³-hybridized carbons (Fsp3) is 0.0556. The second kappa shape index (κ2) is 5.07. The lowest BCUT2D eigenvalue weighted by molar-refractivity contribution is 0.481. The Hall–Kier alpha value is -2.79. The summed E-state index contributed by atoms with van der Waals surface area (Å²) in [6.45, 7) is 1.96. The summed E-state index contributed by atoms with van der Waals surface area (Å²) in [4.78, 5) is 0. The Bertz CT molecular complexity index is 815. The van der Waals surface area contributed by atoms with Crippen LogP contribution in [0.4, 0.5) is 0 Å². The van der Waals surface area contributed by atoms with Crippen molar-refractivity contribution in [1.29, 1.82) is 5.26 Å². The summed E-state index contributed by atoms with van der Waals surface area (Å²) in [5, 5.41) is 11.5. The van der Waals surface area contributed by atoms with Gasteiger partial charge in [-0.1, -0.05) is 36.4 Å². The van der Waals surface area contributed by atoms with Crippen molar-refractivity contribution >= 4 is 10.8 Å². The zero-order valence-corrected chi connectivity index (χ0v) is 11.1. The molecule has 0 atom stereocenters. The van der Waals surface area contributed by atoms with Crippen LogP contribution in [-0.4, -0.2) is 0 Å². The number of aryl methyl sites for hydroxylation is 1. The molecule has 0 unspecified atom stereocenters. The normalized spacial score (nSPS) is 10.2. The molecule has 20 heavy (non-hydrogen) atoms. The molecule has 0 bridgehead atoms. The van der Waals surface area contributed by atoms with E-state index in [1.807, 2.05) is 61.5 Å². The first-order valence-electron chi connectivity index (χ1n) is 6.44. The molecule has 3 aromatic rings. The molecule has 0 saturated heterocycles. The molecular formula is C18H13NO. The van der Waals surface area contributed by atoms with E-state index in [2.05, 4.69) is 12.1 Å². The molecule has 0 N–H and O–H groups in total. The van der Waals surface area contributed by atoms with Crippen LogP contribution in [0, 0.1) is 18.3 Å². The number of nitrogens with zero attached hydrogens (tertiary/aromatic N) is 1. The molecule has 0 aromatic heterocycles. The molecule has 0 aliphatic carbocycles. The highest BCUT2D eigenvalue weighted by Crippen LogP contribution is 2.28. The monoisotopic (exact) mass is 259 g/mol. The molecular weight excluding hydrogens is 246 g/mol. The van der Waals surface area contributed by atoms with E-state index >= 15 is 0 Å². The lowest BCUT2D eigenvalue weighted by Gasteiger charge is -2.09. The Labute approximate surface area is 117 Å². The first-order chi connectivity index (χ1) is 9.76. The Morgan fingerprint density at radius 3 is 2.50 bits per heavy atom. The van der Waals surface area contributed by atoms with Crippen molar-refractivity contribution in [3.8, 4) is 17.6 Å². The maximum absolute atomic E-state index is 9.16. The highest BCUT2D eigenvalue weighted by Gasteiger charge is 2.05. The first kappa shape index (κ1) is 12.3. The molecule has 0 saturated carbocycles. The average molecular weight is 259 g/mol. The molecule has 2 heteroatoms. The zero-order chi connectivity index (χ0) is 13.9. The van der Waals surface area contributed by atoms with Gasteiger partial charge >= 0.3 is 0 Å². The maximum Gasteiger partial charge on any atom is 0.145 e. The highest BCUT2D eigenvalue weighted by molar-refractivity contribution is 5.83. The van der Waals surface area contributed by atoms with Gasteiger partial charge in [-0.15, -0.1) is 0 Å². The van der Waals surface area contributed by atoms with Gasteiger partial charge in [0.15, 0.2) is 0 Å². The third kappa shape index (κ3) is 2.34. The molecule has 0 spiro atoms. The smallest absolute Gasteiger partial charge is 0.145 e. The van der Waals surface area contributed by atoms with Gasteiger partial charge in [-0.25, -0.2) is 0 Å². The Balaban J connectivity index is 1.99. The molecule has 3 aromatic carbocycles. The van der Waals surface area contributed by atoms with Crippen molar-refractivity contribution in [3.63, 3.8) is 0 Å². The predicted octanol–water partition coefficient (Wildman–Crippen LogP) is 4.81. The van der Waals surface area contributed by atoms with Gasteiger partial charge in [0.2, 0.25) is 0 Å². The van der Waals surface area contributed by atoms with Gasteiger partial charge in [0.05, 0.1) is 5.56 Å². The molecule has 2 nitrogen and oxygen atoms in total. The van der Waals surface area contributed by atoms with Gasteiger partial charge in [0, 0.05) is 0 Å². The van der Waals surface area contributed by atoms with Crippen LogP contribution in [0.5, 0.6) is 11.5 Å². The van der Waals surface area contributed by atoms with Gasteiger partial charge in [-0.3, -0.25) is 0 Å². The van der Waals surface area contributed by atoms with Gasteiger partial charge in [-0.05, 0) is 47.5 Å². The highest BCUT2D eigenvalue weighted by atomic mass is 16.5. The van der Waals surface area contributed by atoms with Crippen molar-refractivity contribution in [3.05, 3.63) is 71.8 Å². The summed E-state index contributed by atoms with van der Waals surface area (Å²) < 4.78 is 5.84. The Morgan fingerprint density at radius 2 is 1.70 bits per heavy atom. The van der Waals surface area contributed by atoms with E-state index in [4.69, 9.17) is 10.00 Å². The van der Waals surface area contributed by atoms with E-state index in [-0.39, 0.29) is 0 Å². The minimum Gasteiger partial charge on any atom is -0.456 e. The number of hydrogen-bond donors (Lipinski definition) is 0. The minimum absolute atomic E-state index is 0.554. The van der Waals surface area contributed by atoms with Crippen molar-refractivity contribution in [2.24, 2.45) is 0 Å². The van der Waals surface area contributed by atoms with E-state index in [9.17, 15) is 0 Å². The van der Waals surface area contributed by atoms with E-state index < -0.39 is 0 Å². The van der Waals surface area contributed by atoms with Crippen LogP contribution < -0.4 is 4.74 Å². The average Bonchev–Trinajstić information content (AvgIpc) is 2.49. The third-order valence-electron chi connectivity index (χ3n) is 3.20. The molecule has 3 rings (SSSR count). The van der Waals surface area contributed by atoms with E-state index in [1.54, 1.807) is 0 Å². The van der Waals surface area contributed by atoms with E-state index in [0.717, 1.165) is 16.7 Å². The van der Waals surface area contributed by atoms with Crippen molar-refractivity contribution < 1.29 is 4.74 Å². The zero-order valence-electron chi connectivity index (χ0n) is 11.1. The van der Waals surface area contributed by atoms with Crippen molar-refractivity contribution in [2.45, 2.75) is 6.92 Å². The van der Waals surface area contributed by atoms with Crippen LogP contribution in [-0.2, 0) is 0 Å². The van der Waals surface area contributed by atoms with Crippen LogP contribution in [0.2, 0.25) is 0 Å². The Kier molecular flexibility index (Phi) is 3.10. The minimum atomic E-state index is 0.554. The predicted molar refractivity (Wildman–Crippen MR) is 79.9 cm³/mol. The van der Waals surface area contributed by atoms with Crippen LogP contribution in [0.1, 0.15) is 11.1 Å². The Morgan fingerprint density at radius 1 is 0.900 bits per heavy atom. The van der Waals surface area contributed by atoms with E-state index in [1.165, 1.54) is 5.39 Å². The van der Waals surface area contributed by atoms with Gasteiger partial charge < -0.3 is 4.74 Å². The van der Waals surface area contributed by atoms with Gasteiger partial charge in [0.25, 0.3) is 0 Å². The largest absolute Gasteiger partial charge is 0.456 e. The van der Waals surface area contributed by atoms with Gasteiger partial charge in [0.1, 0.15) is 17.6 Å². The van der Waals surface area contributed by atoms with Crippen molar-refractivity contribution in [1.82, 2.24) is 0 Å². The van der Waals surface area contributed by atoms with Crippen LogP contribution >= 0.6 is 0 Å². The number of nitriles is 1. The van der Waals surface area contributed by atoms with Crippen LogP contribution in [0.15, 0.2) is 60.7 Å². The second-order valence-electron chi connectivity index (χ2n) is 4.72. The SMILES string of the molecule is Cc1ccc(Oc2ccc3ccccc3c2)c(C#N)c1. The third-order valence-corrected chi connectivity index (χ3v) is 3.20. The number of benzene rings is 3. The topological polar surface area (TPSA) is 33.0 Å². The van der Waals surface area contributed by atoms with Crippen molar-refractivity contribution in [2.75, 3.05) is 0 Å². The summed E-state index contributed by atoms with van der Waals surface area (Å²) in [5.41, 5.74) is 1.60. The summed E-state index contributed by atoms with van der Waals surface area (Å²) in [6.07, 6.45) is 0. The number of hydrogen-bond acceptors (Lipinski definition) is 2. The summed E-state index contributed by atoms with van der Waals surface area (Å²) in [6, 6.07) is 21.8. The molecule has 0 radical (unpaired) electrons. The quantitative estimate of drug-likeness (QED) is 0.661. The number of ether oxygens (including phenoxy) is 1. The fourth-order valence-corrected chi connectivity index (χ4v) is 2.18. The summed E-state index contributed by atoms with van der Waals surface area (Å²) >= 11 is 0. The molecule has 0 amide bonds. The first-order valence-corrected chi connectivity index (χ1v) is 6.44. The fourth-order valence-electron chi connectivity index (χ4n) is 2.18. The lowest BCUT2D eigenvalue weighted by Crippen LogP contribution is -1.89. The molecule has 0 aliphatic rings. The number of rotatable bonds is 2. The number of fused-ring (bicyclic) bond motifs is 1. The second-order valence-corrected chi connectivity index (χ2v) is 4.72.